The fraction of sp³-hybridized carbons (Fsp3) is 0.562. The van der Waals surface area contributed by atoms with Crippen LogP contribution in [-0.4, -0.2) is 43.5 Å². The monoisotopic (exact) mass is 343 g/mol. The molecule has 0 spiro atoms. The van der Waals surface area contributed by atoms with E-state index >= 15 is 0 Å². The molecule has 2 unspecified atom stereocenters. The minimum absolute atomic E-state index is 0.0234. The summed E-state index contributed by atoms with van der Waals surface area (Å²) < 4.78 is 0. The Kier molecular flexibility index (Phi) is 6.50. The van der Waals surface area contributed by atoms with Crippen molar-refractivity contribution in [2.45, 2.75) is 31.8 Å². The van der Waals surface area contributed by atoms with Crippen LogP contribution < -0.4 is 10.6 Å². The van der Waals surface area contributed by atoms with Crippen LogP contribution in [0.3, 0.4) is 0 Å². The van der Waals surface area contributed by atoms with Gasteiger partial charge in [-0.05, 0) is 51.1 Å². The van der Waals surface area contributed by atoms with Crippen LogP contribution in [0.25, 0.3) is 0 Å². The molecule has 1 aromatic carbocycles. The first-order valence-corrected chi connectivity index (χ1v) is 8.39. The van der Waals surface area contributed by atoms with E-state index in [-0.39, 0.29) is 11.9 Å². The number of amides is 1. The Morgan fingerprint density at radius 2 is 2.23 bits per heavy atom. The Balaban J connectivity index is 1.88. The molecule has 0 bridgehead atoms. The van der Waals surface area contributed by atoms with Crippen molar-refractivity contribution >= 4 is 29.1 Å². The van der Waals surface area contributed by atoms with Gasteiger partial charge in [0.05, 0.1) is 12.6 Å². The zero-order chi connectivity index (χ0) is 16.1. The van der Waals surface area contributed by atoms with Crippen LogP contribution in [0.5, 0.6) is 0 Å². The van der Waals surface area contributed by atoms with E-state index in [1.54, 1.807) is 12.1 Å². The zero-order valence-corrected chi connectivity index (χ0v) is 14.5. The molecule has 0 saturated carbocycles. The predicted molar refractivity (Wildman–Crippen MR) is 91.5 cm³/mol. The highest BCUT2D eigenvalue weighted by Gasteiger charge is 2.21. The third-order valence-electron chi connectivity index (χ3n) is 4.09. The number of carbonyl (C=O) groups is 1. The van der Waals surface area contributed by atoms with Crippen molar-refractivity contribution in [3.8, 4) is 0 Å². The molecular weight excluding hydrogens is 321 g/mol. The summed E-state index contributed by atoms with van der Waals surface area (Å²) in [5.41, 5.74) is 0.881. The summed E-state index contributed by atoms with van der Waals surface area (Å²) in [5, 5.41) is 7.46. The molecule has 0 aromatic heterocycles. The van der Waals surface area contributed by atoms with Gasteiger partial charge in [0.2, 0.25) is 5.91 Å². The van der Waals surface area contributed by atoms with E-state index in [2.05, 4.69) is 15.5 Å². The summed E-state index contributed by atoms with van der Waals surface area (Å²) in [6.07, 6.45) is 2.29. The molecule has 1 aromatic rings. The molecule has 2 N–H and O–H groups in total. The van der Waals surface area contributed by atoms with Crippen molar-refractivity contribution in [3.05, 3.63) is 33.8 Å². The van der Waals surface area contributed by atoms with E-state index in [1.807, 2.05) is 20.0 Å². The minimum Gasteiger partial charge on any atom is -0.348 e. The van der Waals surface area contributed by atoms with Gasteiger partial charge in [0.15, 0.2) is 0 Å². The first-order valence-electron chi connectivity index (χ1n) is 7.63. The topological polar surface area (TPSA) is 44.4 Å². The van der Waals surface area contributed by atoms with E-state index in [0.29, 0.717) is 22.6 Å². The molecule has 0 aliphatic carbocycles. The van der Waals surface area contributed by atoms with Crippen LogP contribution in [-0.2, 0) is 4.79 Å². The molecule has 1 heterocycles. The van der Waals surface area contributed by atoms with Crippen molar-refractivity contribution in [1.29, 1.82) is 0 Å². The number of likely N-dealkylation sites (tertiary alicyclic amines) is 1. The Morgan fingerprint density at radius 3 is 2.91 bits per heavy atom. The quantitative estimate of drug-likeness (QED) is 0.863. The molecule has 1 saturated heterocycles. The maximum atomic E-state index is 12.2. The maximum absolute atomic E-state index is 12.2. The van der Waals surface area contributed by atoms with Crippen molar-refractivity contribution in [2.75, 3.05) is 26.7 Å². The van der Waals surface area contributed by atoms with Crippen molar-refractivity contribution < 1.29 is 4.79 Å². The number of rotatable bonds is 5. The first-order chi connectivity index (χ1) is 10.5. The van der Waals surface area contributed by atoms with Crippen LogP contribution in [0, 0.1) is 0 Å². The van der Waals surface area contributed by atoms with Gasteiger partial charge in [0.1, 0.15) is 0 Å². The molecule has 1 fully saturated rings. The number of nitrogens with one attached hydrogen (secondary N) is 2. The highest BCUT2D eigenvalue weighted by molar-refractivity contribution is 6.35. The summed E-state index contributed by atoms with van der Waals surface area (Å²) in [6.45, 7) is 4.25. The lowest BCUT2D eigenvalue weighted by molar-refractivity contribution is -0.123. The maximum Gasteiger partial charge on any atom is 0.234 e. The number of carbonyl (C=O) groups excluding carboxylic acids is 1. The second-order valence-corrected chi connectivity index (χ2v) is 6.66. The lowest BCUT2D eigenvalue weighted by Crippen LogP contribution is -2.48. The van der Waals surface area contributed by atoms with Gasteiger partial charge in [0.25, 0.3) is 0 Å². The van der Waals surface area contributed by atoms with Gasteiger partial charge in [-0.15, -0.1) is 0 Å². The zero-order valence-electron chi connectivity index (χ0n) is 13.0. The van der Waals surface area contributed by atoms with E-state index in [4.69, 9.17) is 23.2 Å². The molecule has 1 amide bonds. The summed E-state index contributed by atoms with van der Waals surface area (Å²) in [6, 6.07) is 5.68. The molecular formula is C16H23Cl2N3O. The van der Waals surface area contributed by atoms with Gasteiger partial charge in [-0.25, -0.2) is 0 Å². The first kappa shape index (κ1) is 17.5. The number of hydrogen-bond acceptors (Lipinski definition) is 3. The molecule has 1 aliphatic rings. The number of likely N-dealkylation sites (N-methyl/N-ethyl adjacent to an activating group) is 1. The number of nitrogens with zero attached hydrogens (tertiary/aromatic N) is 1. The highest BCUT2D eigenvalue weighted by atomic mass is 35.5. The average Bonchev–Trinajstić information content (AvgIpc) is 2.47. The van der Waals surface area contributed by atoms with Gasteiger partial charge in [0, 0.05) is 22.6 Å². The van der Waals surface area contributed by atoms with Crippen LogP contribution in [0.2, 0.25) is 10.0 Å². The van der Waals surface area contributed by atoms with Gasteiger partial charge in [-0.2, -0.15) is 0 Å². The van der Waals surface area contributed by atoms with Crippen LogP contribution in [0.15, 0.2) is 18.2 Å². The standard InChI is InChI=1S/C16H23Cl2N3O/c1-11(14-6-5-12(17)8-15(14)18)20-16(22)10-21-7-3-4-13(9-21)19-2/h5-6,8,11,13,19H,3-4,7,9-10H2,1-2H3,(H,20,22). The fourth-order valence-electron chi connectivity index (χ4n) is 2.86. The second-order valence-electron chi connectivity index (χ2n) is 5.82. The van der Waals surface area contributed by atoms with Crippen molar-refractivity contribution in [2.24, 2.45) is 0 Å². The smallest absolute Gasteiger partial charge is 0.234 e. The summed E-state index contributed by atoms with van der Waals surface area (Å²) in [4.78, 5) is 14.4. The highest BCUT2D eigenvalue weighted by Crippen LogP contribution is 2.26. The lowest BCUT2D eigenvalue weighted by Gasteiger charge is -2.32. The van der Waals surface area contributed by atoms with Gasteiger partial charge < -0.3 is 10.6 Å². The van der Waals surface area contributed by atoms with Crippen molar-refractivity contribution in [3.63, 3.8) is 0 Å². The van der Waals surface area contributed by atoms with E-state index in [9.17, 15) is 4.79 Å². The number of halogens is 2. The van der Waals surface area contributed by atoms with Crippen LogP contribution in [0.1, 0.15) is 31.4 Å². The molecule has 1 aliphatic heterocycles. The summed E-state index contributed by atoms with van der Waals surface area (Å²) >= 11 is 12.1. The van der Waals surface area contributed by atoms with Gasteiger partial charge in [-0.3, -0.25) is 9.69 Å². The average molecular weight is 344 g/mol. The van der Waals surface area contributed by atoms with Crippen LogP contribution >= 0.6 is 23.2 Å². The molecule has 22 heavy (non-hydrogen) atoms. The summed E-state index contributed by atoms with van der Waals surface area (Å²) in [5.74, 6) is 0.0234. The Morgan fingerprint density at radius 1 is 1.45 bits per heavy atom. The number of benzene rings is 1. The molecule has 0 radical (unpaired) electrons. The lowest BCUT2D eigenvalue weighted by atomic mass is 10.1. The molecule has 2 rings (SSSR count). The molecule has 2 atom stereocenters. The number of piperidine rings is 1. The molecule has 4 nitrogen and oxygen atoms in total. The Hall–Kier alpha value is -0.810. The van der Waals surface area contributed by atoms with E-state index in [0.717, 1.165) is 25.1 Å². The molecule has 6 heteroatoms. The third kappa shape index (κ3) is 4.85. The Bertz CT molecular complexity index is 524. The summed E-state index contributed by atoms with van der Waals surface area (Å²) in [7, 11) is 1.97. The van der Waals surface area contributed by atoms with E-state index in [1.165, 1.54) is 6.42 Å². The minimum atomic E-state index is -0.137. The van der Waals surface area contributed by atoms with E-state index < -0.39 is 0 Å². The second kappa shape index (κ2) is 8.16. The van der Waals surface area contributed by atoms with Gasteiger partial charge >= 0.3 is 0 Å². The van der Waals surface area contributed by atoms with Crippen molar-refractivity contribution in [1.82, 2.24) is 15.5 Å². The van der Waals surface area contributed by atoms with Gasteiger partial charge in [-0.1, -0.05) is 29.3 Å². The largest absolute Gasteiger partial charge is 0.348 e. The predicted octanol–water partition coefficient (Wildman–Crippen LogP) is 2.85. The fourth-order valence-corrected chi connectivity index (χ4v) is 3.43. The molecule has 122 valence electrons. The normalized spacial score (nSPS) is 20.6. The third-order valence-corrected chi connectivity index (χ3v) is 4.65. The Labute approximate surface area is 142 Å². The van der Waals surface area contributed by atoms with Crippen LogP contribution in [0.4, 0.5) is 0 Å². The number of hydrogen-bond donors (Lipinski definition) is 2. The SMILES string of the molecule is CNC1CCCN(CC(=O)NC(C)c2ccc(Cl)cc2Cl)C1.